The van der Waals surface area contributed by atoms with Crippen LogP contribution in [0.1, 0.15) is 18.5 Å². The van der Waals surface area contributed by atoms with Gasteiger partial charge in [-0.2, -0.15) is 5.10 Å². The molecule has 0 spiro atoms. The molecule has 0 radical (unpaired) electrons. The molecule has 0 aliphatic carbocycles. The lowest BCUT2D eigenvalue weighted by atomic mass is 10.1. The molecule has 2 aromatic rings. The van der Waals surface area contributed by atoms with Crippen LogP contribution in [0, 0.1) is 0 Å². The second kappa shape index (κ2) is 2.60. The molecule has 2 N–H and O–H groups in total. The fourth-order valence-corrected chi connectivity index (χ4v) is 1.22. The van der Waals surface area contributed by atoms with Crippen LogP contribution in [0.4, 0.5) is 0 Å². The molecule has 12 heavy (non-hydrogen) atoms. The Morgan fingerprint density at radius 3 is 3.08 bits per heavy atom. The van der Waals surface area contributed by atoms with E-state index in [9.17, 15) is 0 Å². The van der Waals surface area contributed by atoms with Gasteiger partial charge >= 0.3 is 0 Å². The summed E-state index contributed by atoms with van der Waals surface area (Å²) >= 11 is 0. The first-order chi connectivity index (χ1) is 5.77. The van der Waals surface area contributed by atoms with E-state index < -0.39 is 0 Å². The summed E-state index contributed by atoms with van der Waals surface area (Å²) in [7, 11) is 0. The monoisotopic (exact) mass is 161 g/mol. The van der Waals surface area contributed by atoms with Gasteiger partial charge in [0.15, 0.2) is 0 Å². The van der Waals surface area contributed by atoms with Gasteiger partial charge in [-0.3, -0.25) is 0 Å². The first kappa shape index (κ1) is 7.31. The molecule has 1 atom stereocenters. The Hall–Kier alpha value is -1.35. The van der Waals surface area contributed by atoms with Crippen LogP contribution in [0.5, 0.6) is 0 Å². The second-order valence-corrected chi connectivity index (χ2v) is 2.95. The second-order valence-electron chi connectivity index (χ2n) is 2.95. The van der Waals surface area contributed by atoms with E-state index in [0.717, 1.165) is 11.1 Å². The predicted octanol–water partition coefficient (Wildman–Crippen LogP) is 1.35. The van der Waals surface area contributed by atoms with Crippen molar-refractivity contribution in [3.8, 4) is 0 Å². The minimum Gasteiger partial charge on any atom is -0.324 e. The summed E-state index contributed by atoms with van der Waals surface area (Å²) in [6.45, 7) is 1.97. The number of nitrogens with two attached hydrogens (primary N) is 1. The molecule has 2 aromatic heterocycles. The lowest BCUT2D eigenvalue weighted by Gasteiger charge is -2.04. The van der Waals surface area contributed by atoms with Gasteiger partial charge in [0.1, 0.15) is 0 Å². The van der Waals surface area contributed by atoms with Gasteiger partial charge in [0, 0.05) is 18.4 Å². The smallest absolute Gasteiger partial charge is 0.0664 e. The summed E-state index contributed by atoms with van der Waals surface area (Å²) in [5, 5.41) is 4.10. The van der Waals surface area contributed by atoms with Crippen LogP contribution in [0.25, 0.3) is 5.52 Å². The van der Waals surface area contributed by atoms with E-state index in [1.165, 1.54) is 0 Å². The molecule has 2 heterocycles. The summed E-state index contributed by atoms with van der Waals surface area (Å²) in [6, 6.07) is 6.10. The van der Waals surface area contributed by atoms with E-state index in [2.05, 4.69) is 11.2 Å². The van der Waals surface area contributed by atoms with Crippen molar-refractivity contribution >= 4 is 5.52 Å². The molecule has 3 nitrogen and oxygen atoms in total. The third-order valence-corrected chi connectivity index (χ3v) is 1.95. The van der Waals surface area contributed by atoms with Crippen LogP contribution in [0.3, 0.4) is 0 Å². The zero-order valence-corrected chi connectivity index (χ0v) is 6.94. The van der Waals surface area contributed by atoms with E-state index >= 15 is 0 Å². The van der Waals surface area contributed by atoms with Crippen LogP contribution >= 0.6 is 0 Å². The highest BCUT2D eigenvalue weighted by Gasteiger charge is 1.99. The Morgan fingerprint density at radius 1 is 1.50 bits per heavy atom. The maximum atomic E-state index is 5.74. The van der Waals surface area contributed by atoms with Gasteiger partial charge in [-0.15, -0.1) is 0 Å². The van der Waals surface area contributed by atoms with Crippen molar-refractivity contribution in [1.82, 2.24) is 9.61 Å². The Balaban J connectivity index is 2.60. The third-order valence-electron chi connectivity index (χ3n) is 1.95. The Bertz CT molecular complexity index is 389. The van der Waals surface area contributed by atoms with Crippen molar-refractivity contribution in [1.29, 1.82) is 0 Å². The van der Waals surface area contributed by atoms with Gasteiger partial charge in [0.2, 0.25) is 0 Å². The highest BCUT2D eigenvalue weighted by Crippen LogP contribution is 2.11. The number of hydrogen-bond acceptors (Lipinski definition) is 2. The fourth-order valence-electron chi connectivity index (χ4n) is 1.22. The van der Waals surface area contributed by atoms with E-state index in [0.29, 0.717) is 0 Å². The lowest BCUT2D eigenvalue weighted by molar-refractivity contribution is 0.812. The summed E-state index contributed by atoms with van der Waals surface area (Å²) in [5.74, 6) is 0. The van der Waals surface area contributed by atoms with Gasteiger partial charge in [-0.05, 0) is 30.7 Å². The van der Waals surface area contributed by atoms with E-state index in [1.54, 1.807) is 6.20 Å². The number of pyridine rings is 1. The summed E-state index contributed by atoms with van der Waals surface area (Å²) < 4.78 is 1.83. The zero-order chi connectivity index (χ0) is 8.55. The quantitative estimate of drug-likeness (QED) is 0.686. The molecule has 0 saturated heterocycles. The number of fused-ring (bicyclic) bond motifs is 1. The van der Waals surface area contributed by atoms with Crippen molar-refractivity contribution in [2.24, 2.45) is 5.73 Å². The van der Waals surface area contributed by atoms with E-state index in [4.69, 9.17) is 5.73 Å². The lowest BCUT2D eigenvalue weighted by Crippen LogP contribution is -2.05. The molecule has 0 aliphatic rings. The summed E-state index contributed by atoms with van der Waals surface area (Å²) in [4.78, 5) is 0. The van der Waals surface area contributed by atoms with Crippen molar-refractivity contribution in [2.75, 3.05) is 0 Å². The average molecular weight is 161 g/mol. The number of hydrogen-bond donors (Lipinski definition) is 1. The fraction of sp³-hybridized carbons (Fsp3) is 0.222. The van der Waals surface area contributed by atoms with Crippen LogP contribution in [0.15, 0.2) is 30.6 Å². The number of rotatable bonds is 1. The highest BCUT2D eigenvalue weighted by molar-refractivity contribution is 5.47. The first-order valence-corrected chi connectivity index (χ1v) is 3.96. The highest BCUT2D eigenvalue weighted by atomic mass is 15.2. The third kappa shape index (κ3) is 1.08. The van der Waals surface area contributed by atoms with Gasteiger partial charge in [-0.25, -0.2) is 4.52 Å². The summed E-state index contributed by atoms with van der Waals surface area (Å²) in [6.07, 6.45) is 3.70. The van der Waals surface area contributed by atoms with Gasteiger partial charge in [0.05, 0.1) is 5.52 Å². The number of aromatic nitrogens is 2. The summed E-state index contributed by atoms with van der Waals surface area (Å²) in [5.41, 5.74) is 7.97. The molecular weight excluding hydrogens is 150 g/mol. The molecule has 0 unspecified atom stereocenters. The topological polar surface area (TPSA) is 43.3 Å². The molecule has 0 amide bonds. The Morgan fingerprint density at radius 2 is 2.33 bits per heavy atom. The van der Waals surface area contributed by atoms with Crippen molar-refractivity contribution < 1.29 is 0 Å². The number of nitrogens with zero attached hydrogens (tertiary/aromatic N) is 2. The van der Waals surface area contributed by atoms with Crippen LogP contribution in [-0.4, -0.2) is 9.61 Å². The SMILES string of the molecule is C[C@H](N)c1ccn2nccc2c1. The largest absolute Gasteiger partial charge is 0.324 e. The van der Waals surface area contributed by atoms with E-state index in [-0.39, 0.29) is 6.04 Å². The minimum absolute atomic E-state index is 0.0879. The Labute approximate surface area is 70.8 Å². The molecule has 0 fully saturated rings. The molecule has 0 bridgehead atoms. The molecule has 0 saturated carbocycles. The van der Waals surface area contributed by atoms with Crippen LogP contribution in [-0.2, 0) is 0 Å². The van der Waals surface area contributed by atoms with Gasteiger partial charge in [-0.1, -0.05) is 0 Å². The molecular formula is C9H11N3. The van der Waals surface area contributed by atoms with Gasteiger partial charge in [0.25, 0.3) is 0 Å². The standard InChI is InChI=1S/C9H11N3/c1-7(10)8-3-5-12-9(6-8)2-4-11-12/h2-7H,10H2,1H3/t7-/m0/s1. The molecule has 0 aliphatic heterocycles. The molecule has 62 valence electrons. The minimum atomic E-state index is 0.0879. The molecule has 3 heteroatoms. The van der Waals surface area contributed by atoms with Crippen molar-refractivity contribution in [3.05, 3.63) is 36.2 Å². The zero-order valence-electron chi connectivity index (χ0n) is 6.94. The molecule has 0 aromatic carbocycles. The van der Waals surface area contributed by atoms with Crippen LogP contribution < -0.4 is 5.73 Å². The Kier molecular flexibility index (Phi) is 1.59. The first-order valence-electron chi connectivity index (χ1n) is 3.96. The maximum absolute atomic E-state index is 5.74. The van der Waals surface area contributed by atoms with Crippen LogP contribution in [0.2, 0.25) is 0 Å². The van der Waals surface area contributed by atoms with Gasteiger partial charge < -0.3 is 5.73 Å². The predicted molar refractivity (Wildman–Crippen MR) is 47.8 cm³/mol. The van der Waals surface area contributed by atoms with E-state index in [1.807, 2.05) is 29.8 Å². The average Bonchev–Trinajstić information content (AvgIpc) is 2.49. The van der Waals surface area contributed by atoms with Crippen molar-refractivity contribution in [3.63, 3.8) is 0 Å². The maximum Gasteiger partial charge on any atom is 0.0664 e. The molecule has 2 rings (SSSR count). The van der Waals surface area contributed by atoms with Crippen molar-refractivity contribution in [2.45, 2.75) is 13.0 Å². The normalized spacial score (nSPS) is 13.5.